The van der Waals surface area contributed by atoms with Crippen LogP contribution >= 0.6 is 0 Å². The van der Waals surface area contributed by atoms with Gasteiger partial charge < -0.3 is 14.8 Å². The van der Waals surface area contributed by atoms with Crippen molar-refractivity contribution in [2.24, 2.45) is 0 Å². The van der Waals surface area contributed by atoms with Gasteiger partial charge in [0, 0.05) is 18.9 Å². The Balaban J connectivity index is 1.26. The van der Waals surface area contributed by atoms with Crippen molar-refractivity contribution in [3.63, 3.8) is 0 Å². The van der Waals surface area contributed by atoms with Crippen LogP contribution in [0.4, 0.5) is 0 Å². The number of nitrogens with zero attached hydrogens (tertiary/aromatic N) is 5. The molecular formula is C19H20N6O2. The lowest BCUT2D eigenvalue weighted by molar-refractivity contribution is 0.0619. The van der Waals surface area contributed by atoms with Gasteiger partial charge in [0.2, 0.25) is 0 Å². The van der Waals surface area contributed by atoms with Gasteiger partial charge in [-0.2, -0.15) is 0 Å². The van der Waals surface area contributed by atoms with Crippen molar-refractivity contribution >= 4 is 0 Å². The first-order chi connectivity index (χ1) is 13.4. The molecule has 0 saturated carbocycles. The fraction of sp³-hybridized carbons (Fsp3) is 0.368. The zero-order valence-electron chi connectivity index (χ0n) is 14.7. The van der Waals surface area contributed by atoms with Gasteiger partial charge in [0.1, 0.15) is 23.9 Å². The van der Waals surface area contributed by atoms with E-state index in [1.807, 2.05) is 47.3 Å². The van der Waals surface area contributed by atoms with Crippen LogP contribution in [0.1, 0.15) is 11.7 Å². The lowest BCUT2D eigenvalue weighted by atomic mass is 10.1. The minimum Gasteiger partial charge on any atom is -0.371 e. The molecule has 0 aliphatic carbocycles. The Morgan fingerprint density at radius 2 is 1.81 bits per heavy atom. The van der Waals surface area contributed by atoms with Gasteiger partial charge in [-0.1, -0.05) is 17.3 Å². The highest BCUT2D eigenvalue weighted by Crippen LogP contribution is 2.34. The molecule has 0 unspecified atom stereocenters. The highest BCUT2D eigenvalue weighted by molar-refractivity contribution is 5.51. The summed E-state index contributed by atoms with van der Waals surface area (Å²) in [5.74, 6) is 0. The van der Waals surface area contributed by atoms with Gasteiger partial charge >= 0.3 is 0 Å². The number of ether oxygens (including phenoxy) is 2. The zero-order valence-corrected chi connectivity index (χ0v) is 14.7. The maximum absolute atomic E-state index is 6.05. The Labute approximate surface area is 156 Å². The zero-order chi connectivity index (χ0) is 18.1. The molecule has 2 aliphatic heterocycles. The number of hydrogen-bond acceptors (Lipinski definition) is 7. The summed E-state index contributed by atoms with van der Waals surface area (Å²) in [7, 11) is 0. The highest BCUT2D eigenvalue weighted by atomic mass is 16.6. The molecule has 0 bridgehead atoms. The quantitative estimate of drug-likeness (QED) is 0.729. The van der Waals surface area contributed by atoms with Crippen molar-refractivity contribution in [1.29, 1.82) is 0 Å². The number of nitrogens with one attached hydrogen (secondary N) is 1. The Morgan fingerprint density at radius 3 is 2.63 bits per heavy atom. The van der Waals surface area contributed by atoms with Crippen molar-refractivity contribution < 1.29 is 9.47 Å². The molecule has 0 aromatic carbocycles. The minimum absolute atomic E-state index is 0.00112. The molecule has 0 spiro atoms. The lowest BCUT2D eigenvalue weighted by Crippen LogP contribution is -2.40. The van der Waals surface area contributed by atoms with Gasteiger partial charge in [-0.3, -0.25) is 9.97 Å². The Kier molecular flexibility index (Phi) is 4.36. The molecule has 2 fully saturated rings. The van der Waals surface area contributed by atoms with E-state index >= 15 is 0 Å². The first-order valence-corrected chi connectivity index (χ1v) is 9.08. The molecule has 5 rings (SSSR count). The average Bonchev–Trinajstić information content (AvgIpc) is 3.44. The molecule has 4 atom stereocenters. The second-order valence-electron chi connectivity index (χ2n) is 6.77. The molecule has 8 heteroatoms. The molecule has 0 radical (unpaired) electrons. The Bertz CT molecular complexity index is 887. The molecule has 0 amide bonds. The van der Waals surface area contributed by atoms with Crippen LogP contribution in [0.15, 0.2) is 55.0 Å². The van der Waals surface area contributed by atoms with Crippen LogP contribution in [0.2, 0.25) is 0 Å². The summed E-state index contributed by atoms with van der Waals surface area (Å²) in [6, 6.07) is 11.8. The Hall–Kier alpha value is -2.68. The van der Waals surface area contributed by atoms with E-state index in [2.05, 4.69) is 25.6 Å². The number of fused-ring (bicyclic) bond motifs is 1. The van der Waals surface area contributed by atoms with Crippen molar-refractivity contribution in [2.75, 3.05) is 13.2 Å². The third kappa shape index (κ3) is 3.23. The molecule has 2 saturated heterocycles. The summed E-state index contributed by atoms with van der Waals surface area (Å²) in [6.07, 6.45) is 5.43. The third-order valence-corrected chi connectivity index (χ3v) is 5.08. The summed E-state index contributed by atoms with van der Waals surface area (Å²) in [4.78, 5) is 8.67. The Morgan fingerprint density at radius 1 is 0.963 bits per heavy atom. The molecule has 3 aromatic rings. The number of aromatic nitrogens is 5. The first-order valence-electron chi connectivity index (χ1n) is 9.08. The van der Waals surface area contributed by atoms with Gasteiger partial charge in [-0.15, -0.1) is 5.10 Å². The smallest absolute Gasteiger partial charge is 0.131 e. The number of pyridine rings is 2. The predicted molar refractivity (Wildman–Crippen MR) is 96.6 cm³/mol. The van der Waals surface area contributed by atoms with E-state index in [-0.39, 0.29) is 24.3 Å². The monoisotopic (exact) mass is 364 g/mol. The van der Waals surface area contributed by atoms with Gasteiger partial charge in [0.05, 0.1) is 36.8 Å². The van der Waals surface area contributed by atoms with Crippen molar-refractivity contribution in [3.8, 4) is 11.4 Å². The average molecular weight is 364 g/mol. The second-order valence-corrected chi connectivity index (χ2v) is 6.77. The maximum Gasteiger partial charge on any atom is 0.131 e. The van der Waals surface area contributed by atoms with Crippen LogP contribution in [-0.2, 0) is 16.0 Å². The van der Waals surface area contributed by atoms with Crippen LogP contribution < -0.4 is 5.32 Å². The van der Waals surface area contributed by atoms with Crippen molar-refractivity contribution in [1.82, 2.24) is 30.3 Å². The van der Waals surface area contributed by atoms with E-state index in [4.69, 9.17) is 9.47 Å². The lowest BCUT2D eigenvalue weighted by Gasteiger charge is -2.17. The third-order valence-electron chi connectivity index (χ3n) is 5.08. The number of rotatable bonds is 5. The van der Waals surface area contributed by atoms with E-state index < -0.39 is 0 Å². The fourth-order valence-electron chi connectivity index (χ4n) is 3.69. The van der Waals surface area contributed by atoms with E-state index in [1.54, 1.807) is 12.4 Å². The summed E-state index contributed by atoms with van der Waals surface area (Å²) >= 11 is 0. The van der Waals surface area contributed by atoms with Crippen LogP contribution in [0.5, 0.6) is 0 Å². The highest BCUT2D eigenvalue weighted by Gasteiger charge is 2.48. The van der Waals surface area contributed by atoms with Gasteiger partial charge in [-0.25, -0.2) is 4.68 Å². The van der Waals surface area contributed by atoms with Crippen LogP contribution in [0.25, 0.3) is 11.4 Å². The molecule has 138 valence electrons. The molecule has 8 nitrogen and oxygen atoms in total. The maximum atomic E-state index is 6.05. The van der Waals surface area contributed by atoms with Crippen molar-refractivity contribution in [3.05, 3.63) is 60.7 Å². The van der Waals surface area contributed by atoms with E-state index in [9.17, 15) is 0 Å². The SMILES string of the molecule is c1ccc(CN[C@@H]2CO[C@@H]3[C@@H]2OC[C@@H]3n2cc(-c3ccccn3)nn2)nc1. The van der Waals surface area contributed by atoms with Gasteiger partial charge in [-0.05, 0) is 24.3 Å². The summed E-state index contributed by atoms with van der Waals surface area (Å²) in [5.41, 5.74) is 2.56. The largest absolute Gasteiger partial charge is 0.371 e. The topological polar surface area (TPSA) is 87.0 Å². The first kappa shape index (κ1) is 16.5. The van der Waals surface area contributed by atoms with E-state index in [0.29, 0.717) is 19.8 Å². The van der Waals surface area contributed by atoms with Gasteiger partial charge in [0.25, 0.3) is 0 Å². The van der Waals surface area contributed by atoms with Crippen LogP contribution in [-0.4, -0.2) is 56.4 Å². The normalized spacial score (nSPS) is 27.0. The molecule has 1 N–H and O–H groups in total. The summed E-state index contributed by atoms with van der Waals surface area (Å²) < 4.78 is 13.9. The predicted octanol–water partition coefficient (Wildman–Crippen LogP) is 1.23. The van der Waals surface area contributed by atoms with E-state index in [1.165, 1.54) is 0 Å². The molecule has 27 heavy (non-hydrogen) atoms. The van der Waals surface area contributed by atoms with Crippen LogP contribution in [0.3, 0.4) is 0 Å². The number of hydrogen-bond donors (Lipinski definition) is 1. The van der Waals surface area contributed by atoms with Gasteiger partial charge in [0.15, 0.2) is 0 Å². The summed E-state index contributed by atoms with van der Waals surface area (Å²) in [5, 5.41) is 12.1. The minimum atomic E-state index is -0.0375. The molecule has 2 aliphatic rings. The standard InChI is InChI=1S/C19H20N6O2/c1-3-7-20-13(5-1)9-22-16-11-26-19-17(12-27-18(16)19)25-10-15(23-24-25)14-6-2-4-8-21-14/h1-8,10,16-19,22H,9,11-12H2/t16-,17+,18-,19+/m1/s1. The van der Waals surface area contributed by atoms with Crippen LogP contribution in [0, 0.1) is 0 Å². The molecule has 5 heterocycles. The second kappa shape index (κ2) is 7.15. The molecule has 3 aromatic heterocycles. The summed E-state index contributed by atoms with van der Waals surface area (Å²) in [6.45, 7) is 1.86. The van der Waals surface area contributed by atoms with Crippen molar-refractivity contribution in [2.45, 2.75) is 30.8 Å². The molecular weight excluding hydrogens is 344 g/mol. The van der Waals surface area contributed by atoms with E-state index in [0.717, 1.165) is 17.1 Å². The fourth-order valence-corrected chi connectivity index (χ4v) is 3.69.